The van der Waals surface area contributed by atoms with Crippen LogP contribution in [0.4, 0.5) is 5.69 Å². The summed E-state index contributed by atoms with van der Waals surface area (Å²) in [6.45, 7) is 3.54. The molecule has 1 aliphatic rings. The Labute approximate surface area is 190 Å². The third kappa shape index (κ3) is 4.25. The van der Waals surface area contributed by atoms with Crippen LogP contribution in [-0.2, 0) is 6.42 Å². The predicted molar refractivity (Wildman–Crippen MR) is 131 cm³/mol. The fourth-order valence-electron chi connectivity index (χ4n) is 4.25. The van der Waals surface area contributed by atoms with Crippen molar-refractivity contribution in [2.45, 2.75) is 19.4 Å². The van der Waals surface area contributed by atoms with Crippen LogP contribution in [0.25, 0.3) is 22.4 Å². The number of pyridine rings is 1. The standard InChI is InChI=1S/C25H26N6O2/c1-15-11-17(23-26-9-10-27-23)13-20-22(15)31-24(30-20)21-19(7-8-28-25(21)33)29-18(14-32)12-16-5-3-2-4-6-16/h2-8,11,13,18,32H,9-10,12,14H2,1H3,(H,26,27)(H,30,31)(H2,28,29,33)/t18-/m0/s1. The number of aromatic amines is 2. The van der Waals surface area contributed by atoms with Crippen LogP contribution in [0.2, 0.25) is 0 Å². The van der Waals surface area contributed by atoms with Gasteiger partial charge in [-0.05, 0) is 42.7 Å². The minimum absolute atomic E-state index is 0.0706. The first-order valence-electron chi connectivity index (χ1n) is 11.0. The Bertz CT molecular complexity index is 1370. The highest BCUT2D eigenvalue weighted by molar-refractivity contribution is 6.03. The number of hydrogen-bond acceptors (Lipinski definition) is 6. The molecule has 8 heteroatoms. The fraction of sp³-hybridized carbons (Fsp3) is 0.240. The Morgan fingerprint density at radius 2 is 2.03 bits per heavy atom. The minimum Gasteiger partial charge on any atom is -0.394 e. The van der Waals surface area contributed by atoms with Crippen LogP contribution in [0, 0.1) is 6.92 Å². The summed E-state index contributed by atoms with van der Waals surface area (Å²) in [7, 11) is 0. The smallest absolute Gasteiger partial charge is 0.261 e. The number of aliphatic imine (C=N–C) groups is 1. The number of H-pyrrole nitrogens is 2. The van der Waals surface area contributed by atoms with Crippen LogP contribution in [0.3, 0.4) is 0 Å². The Kier molecular flexibility index (Phi) is 5.66. The van der Waals surface area contributed by atoms with E-state index in [-0.39, 0.29) is 18.2 Å². The van der Waals surface area contributed by atoms with E-state index in [1.54, 1.807) is 12.3 Å². The molecular formula is C25H26N6O2. The largest absolute Gasteiger partial charge is 0.394 e. The van der Waals surface area contributed by atoms with Crippen molar-refractivity contribution in [2.24, 2.45) is 4.99 Å². The molecule has 0 radical (unpaired) electrons. The van der Waals surface area contributed by atoms with Crippen LogP contribution >= 0.6 is 0 Å². The second-order valence-corrected chi connectivity index (χ2v) is 8.24. The molecule has 1 atom stereocenters. The monoisotopic (exact) mass is 442 g/mol. The molecule has 0 spiro atoms. The summed E-state index contributed by atoms with van der Waals surface area (Å²) in [5.74, 6) is 1.36. The lowest BCUT2D eigenvalue weighted by atomic mass is 10.1. The zero-order valence-corrected chi connectivity index (χ0v) is 18.4. The van der Waals surface area contributed by atoms with Gasteiger partial charge >= 0.3 is 0 Å². The zero-order chi connectivity index (χ0) is 22.8. The van der Waals surface area contributed by atoms with Crippen LogP contribution < -0.4 is 16.2 Å². The summed E-state index contributed by atoms with van der Waals surface area (Å²) >= 11 is 0. The highest BCUT2D eigenvalue weighted by Gasteiger charge is 2.19. The number of benzene rings is 2. The second kappa shape index (κ2) is 8.91. The number of amidine groups is 1. The van der Waals surface area contributed by atoms with Gasteiger partial charge in [-0.3, -0.25) is 9.79 Å². The molecular weight excluding hydrogens is 416 g/mol. The van der Waals surface area contributed by atoms with Crippen LogP contribution in [-0.4, -0.2) is 51.6 Å². The number of aryl methyl sites for hydroxylation is 1. The molecule has 0 fully saturated rings. The lowest BCUT2D eigenvalue weighted by molar-refractivity contribution is 0.274. The lowest BCUT2D eigenvalue weighted by Crippen LogP contribution is -2.28. The summed E-state index contributed by atoms with van der Waals surface area (Å²) in [6.07, 6.45) is 2.22. The van der Waals surface area contributed by atoms with Gasteiger partial charge in [0.25, 0.3) is 5.56 Å². The topological polar surface area (TPSA) is 118 Å². The molecule has 0 amide bonds. The van der Waals surface area contributed by atoms with Crippen molar-refractivity contribution in [2.75, 3.05) is 25.0 Å². The Balaban J connectivity index is 1.51. The molecule has 5 rings (SSSR count). The summed E-state index contributed by atoms with van der Waals surface area (Å²) < 4.78 is 0. The third-order valence-corrected chi connectivity index (χ3v) is 5.83. The number of aromatic nitrogens is 3. The van der Waals surface area contributed by atoms with Crippen molar-refractivity contribution in [3.05, 3.63) is 81.8 Å². The average Bonchev–Trinajstić information content (AvgIpc) is 3.50. The van der Waals surface area contributed by atoms with E-state index in [1.807, 2.05) is 43.3 Å². The van der Waals surface area contributed by atoms with Gasteiger partial charge in [0.2, 0.25) is 0 Å². The molecule has 2 aromatic heterocycles. The Hall–Kier alpha value is -3.91. The van der Waals surface area contributed by atoms with Gasteiger partial charge in [-0.1, -0.05) is 30.3 Å². The molecule has 0 aliphatic carbocycles. The number of aliphatic hydroxyl groups is 1. The number of rotatable bonds is 7. The van der Waals surface area contributed by atoms with Crippen LogP contribution in [0.1, 0.15) is 16.7 Å². The summed E-state index contributed by atoms with van der Waals surface area (Å²) in [6, 6.07) is 15.6. The van der Waals surface area contributed by atoms with Gasteiger partial charge < -0.3 is 25.7 Å². The number of nitrogens with one attached hydrogen (secondary N) is 4. The zero-order valence-electron chi connectivity index (χ0n) is 18.4. The molecule has 0 bridgehead atoms. The molecule has 3 heterocycles. The number of hydrogen-bond donors (Lipinski definition) is 5. The second-order valence-electron chi connectivity index (χ2n) is 8.24. The lowest BCUT2D eigenvalue weighted by Gasteiger charge is -2.19. The molecule has 33 heavy (non-hydrogen) atoms. The van der Waals surface area contributed by atoms with Gasteiger partial charge in [0.1, 0.15) is 17.2 Å². The first kappa shape index (κ1) is 21.0. The van der Waals surface area contributed by atoms with Crippen molar-refractivity contribution in [3.63, 3.8) is 0 Å². The van der Waals surface area contributed by atoms with E-state index in [0.29, 0.717) is 23.5 Å². The highest BCUT2D eigenvalue weighted by Crippen LogP contribution is 2.27. The molecule has 168 valence electrons. The fourth-order valence-corrected chi connectivity index (χ4v) is 4.25. The Morgan fingerprint density at radius 3 is 2.79 bits per heavy atom. The van der Waals surface area contributed by atoms with Crippen molar-refractivity contribution < 1.29 is 5.11 Å². The first-order valence-corrected chi connectivity index (χ1v) is 11.0. The predicted octanol–water partition coefficient (Wildman–Crippen LogP) is 2.59. The maximum atomic E-state index is 12.9. The number of aliphatic hydroxyl groups excluding tert-OH is 1. The molecule has 4 aromatic rings. The van der Waals surface area contributed by atoms with E-state index < -0.39 is 0 Å². The molecule has 0 saturated heterocycles. The summed E-state index contributed by atoms with van der Waals surface area (Å²) in [5.41, 5.74) is 5.53. The normalized spacial score (nSPS) is 14.2. The maximum absolute atomic E-state index is 12.9. The van der Waals surface area contributed by atoms with Crippen molar-refractivity contribution >= 4 is 22.6 Å². The first-order chi connectivity index (χ1) is 16.1. The van der Waals surface area contributed by atoms with Crippen molar-refractivity contribution in [1.82, 2.24) is 20.3 Å². The van der Waals surface area contributed by atoms with Gasteiger partial charge in [-0.25, -0.2) is 4.98 Å². The minimum atomic E-state index is -0.254. The number of fused-ring (bicyclic) bond motifs is 1. The highest BCUT2D eigenvalue weighted by atomic mass is 16.3. The van der Waals surface area contributed by atoms with Crippen molar-refractivity contribution in [3.8, 4) is 11.4 Å². The van der Waals surface area contributed by atoms with E-state index in [9.17, 15) is 9.90 Å². The van der Waals surface area contributed by atoms with E-state index in [1.165, 1.54) is 0 Å². The average molecular weight is 443 g/mol. The molecule has 1 aliphatic heterocycles. The SMILES string of the molecule is Cc1cc(C2=NCCN2)cc2[nH]c(-c3c(N[C@H](CO)Cc4ccccc4)cc[nH]c3=O)nc12. The van der Waals surface area contributed by atoms with Gasteiger partial charge in [-0.15, -0.1) is 0 Å². The number of nitrogens with zero attached hydrogens (tertiary/aromatic N) is 2. The van der Waals surface area contributed by atoms with E-state index in [4.69, 9.17) is 4.98 Å². The van der Waals surface area contributed by atoms with Crippen LogP contribution in [0.5, 0.6) is 0 Å². The van der Waals surface area contributed by atoms with E-state index in [2.05, 4.69) is 31.7 Å². The quantitative estimate of drug-likeness (QED) is 0.302. The van der Waals surface area contributed by atoms with Gasteiger partial charge in [0.05, 0.1) is 35.9 Å². The number of anilines is 1. The summed E-state index contributed by atoms with van der Waals surface area (Å²) in [4.78, 5) is 28.2. The molecule has 2 aromatic carbocycles. The maximum Gasteiger partial charge on any atom is 0.261 e. The van der Waals surface area contributed by atoms with Crippen molar-refractivity contribution in [1.29, 1.82) is 0 Å². The number of imidazole rings is 1. The Morgan fingerprint density at radius 1 is 1.18 bits per heavy atom. The summed E-state index contributed by atoms with van der Waals surface area (Å²) in [5, 5.41) is 16.6. The molecule has 0 unspecified atom stereocenters. The molecule has 0 saturated carbocycles. The van der Waals surface area contributed by atoms with Gasteiger partial charge in [-0.2, -0.15) is 0 Å². The van der Waals surface area contributed by atoms with Crippen LogP contribution in [0.15, 0.2) is 64.5 Å². The third-order valence-electron chi connectivity index (χ3n) is 5.83. The molecule has 5 N–H and O–H groups in total. The molecule has 8 nitrogen and oxygen atoms in total. The van der Waals surface area contributed by atoms with Gasteiger partial charge in [0.15, 0.2) is 0 Å². The van der Waals surface area contributed by atoms with Gasteiger partial charge in [0, 0.05) is 18.3 Å². The van der Waals surface area contributed by atoms with E-state index >= 15 is 0 Å². The van der Waals surface area contributed by atoms with E-state index in [0.717, 1.165) is 46.6 Å².